The van der Waals surface area contributed by atoms with Crippen LogP contribution >= 0.6 is 11.8 Å². The van der Waals surface area contributed by atoms with E-state index < -0.39 is 0 Å². The summed E-state index contributed by atoms with van der Waals surface area (Å²) in [5.74, 6) is 1.89. The molecular formula is C23H35N5OS. The lowest BCUT2D eigenvalue weighted by molar-refractivity contribution is -0.119. The Morgan fingerprint density at radius 2 is 1.83 bits per heavy atom. The first-order chi connectivity index (χ1) is 14.6. The normalized spacial score (nSPS) is 18.9. The summed E-state index contributed by atoms with van der Waals surface area (Å²) in [5.41, 5.74) is 2.27. The van der Waals surface area contributed by atoms with Crippen molar-refractivity contribution in [1.82, 2.24) is 20.1 Å². The van der Waals surface area contributed by atoms with Crippen LogP contribution in [-0.2, 0) is 11.3 Å². The van der Waals surface area contributed by atoms with E-state index in [0.29, 0.717) is 17.7 Å². The first-order valence-electron chi connectivity index (χ1n) is 11.3. The number of carbonyl (C=O) groups excluding carboxylic acids is 1. The third-order valence-corrected chi connectivity index (χ3v) is 7.04. The molecule has 164 valence electrons. The summed E-state index contributed by atoms with van der Waals surface area (Å²) in [7, 11) is 0. The molecule has 1 amide bonds. The molecule has 0 unspecified atom stereocenters. The minimum absolute atomic E-state index is 0.0922. The number of amides is 1. The third-order valence-electron chi connectivity index (χ3n) is 6.08. The minimum atomic E-state index is 0.0922. The summed E-state index contributed by atoms with van der Waals surface area (Å²) in [6, 6.07) is 8.81. The Bertz CT molecular complexity index is 816. The van der Waals surface area contributed by atoms with Gasteiger partial charge in [0.15, 0.2) is 11.0 Å². The summed E-state index contributed by atoms with van der Waals surface area (Å²) in [6.07, 6.45) is 4.79. The maximum absolute atomic E-state index is 12.5. The topological polar surface area (TPSA) is 63.1 Å². The minimum Gasteiger partial charge on any atom is -0.372 e. The second-order valence-electron chi connectivity index (χ2n) is 7.99. The molecule has 0 radical (unpaired) electrons. The largest absolute Gasteiger partial charge is 0.372 e. The zero-order chi connectivity index (χ0) is 21.5. The molecule has 1 aromatic carbocycles. The van der Waals surface area contributed by atoms with Gasteiger partial charge in [-0.3, -0.25) is 4.79 Å². The predicted octanol–water partition coefficient (Wildman–Crippen LogP) is 4.60. The maximum atomic E-state index is 12.5. The van der Waals surface area contributed by atoms with Gasteiger partial charge in [-0.15, -0.1) is 10.2 Å². The molecule has 0 saturated heterocycles. The van der Waals surface area contributed by atoms with E-state index in [9.17, 15) is 4.79 Å². The van der Waals surface area contributed by atoms with Crippen molar-refractivity contribution >= 4 is 23.4 Å². The van der Waals surface area contributed by atoms with Gasteiger partial charge in [0.25, 0.3) is 0 Å². The number of hydrogen-bond acceptors (Lipinski definition) is 5. The smallest absolute Gasteiger partial charge is 0.230 e. The zero-order valence-corrected chi connectivity index (χ0v) is 19.5. The maximum Gasteiger partial charge on any atom is 0.230 e. The van der Waals surface area contributed by atoms with Crippen molar-refractivity contribution in [2.24, 2.45) is 5.92 Å². The van der Waals surface area contributed by atoms with Crippen molar-refractivity contribution in [1.29, 1.82) is 0 Å². The molecule has 1 aromatic heterocycles. The molecule has 0 aliphatic heterocycles. The molecule has 1 N–H and O–H groups in total. The Hall–Kier alpha value is -2.02. The van der Waals surface area contributed by atoms with Crippen molar-refractivity contribution in [3.8, 4) is 11.4 Å². The Morgan fingerprint density at radius 1 is 1.13 bits per heavy atom. The number of hydrogen-bond donors (Lipinski definition) is 1. The van der Waals surface area contributed by atoms with Gasteiger partial charge in [-0.25, -0.2) is 0 Å². The standard InChI is InChI=1S/C23H35N5OS/c1-5-27(6-2)19-14-12-18(13-15-19)22-25-26-23(28(22)7-3)30-16-21(29)24-20-11-9-8-10-17(20)4/h12-15,17,20H,5-11,16H2,1-4H3,(H,24,29)/t17-,20+/m0/s1. The molecule has 2 atom stereocenters. The number of rotatable bonds is 9. The number of thioether (sulfide) groups is 1. The quantitative estimate of drug-likeness (QED) is 0.590. The van der Waals surface area contributed by atoms with E-state index in [1.807, 2.05) is 0 Å². The fourth-order valence-corrected chi connectivity index (χ4v) is 5.03. The van der Waals surface area contributed by atoms with E-state index in [1.54, 1.807) is 0 Å². The molecule has 1 fully saturated rings. The van der Waals surface area contributed by atoms with Crippen LogP contribution in [0.25, 0.3) is 11.4 Å². The number of benzene rings is 1. The van der Waals surface area contributed by atoms with Gasteiger partial charge in [0.2, 0.25) is 5.91 Å². The lowest BCUT2D eigenvalue weighted by Gasteiger charge is -2.29. The van der Waals surface area contributed by atoms with Crippen molar-refractivity contribution in [2.45, 2.75) is 71.1 Å². The molecule has 1 heterocycles. The van der Waals surface area contributed by atoms with E-state index in [4.69, 9.17) is 0 Å². The third kappa shape index (κ3) is 5.36. The van der Waals surface area contributed by atoms with Crippen LogP contribution in [0.4, 0.5) is 5.69 Å². The van der Waals surface area contributed by atoms with Crippen LogP contribution in [0.2, 0.25) is 0 Å². The second-order valence-corrected chi connectivity index (χ2v) is 8.94. The lowest BCUT2D eigenvalue weighted by Crippen LogP contribution is -2.41. The Labute approximate surface area is 184 Å². The Balaban J connectivity index is 1.64. The van der Waals surface area contributed by atoms with Crippen LogP contribution in [0.3, 0.4) is 0 Å². The molecule has 0 bridgehead atoms. The SMILES string of the molecule is CCN(CC)c1ccc(-c2nnc(SCC(=O)N[C@@H]3CCCC[C@@H]3C)n2CC)cc1. The van der Waals surface area contributed by atoms with E-state index in [1.165, 1.54) is 36.7 Å². The summed E-state index contributed by atoms with van der Waals surface area (Å²) in [4.78, 5) is 14.8. The highest BCUT2D eigenvalue weighted by Gasteiger charge is 2.23. The van der Waals surface area contributed by atoms with Crippen LogP contribution in [-0.4, -0.2) is 45.6 Å². The van der Waals surface area contributed by atoms with Gasteiger partial charge in [0.1, 0.15) is 0 Å². The number of nitrogens with one attached hydrogen (secondary N) is 1. The molecule has 0 spiro atoms. The molecule has 1 aliphatic carbocycles. The van der Waals surface area contributed by atoms with E-state index >= 15 is 0 Å². The fourth-order valence-electron chi connectivity index (χ4n) is 4.21. The van der Waals surface area contributed by atoms with E-state index in [-0.39, 0.29) is 5.91 Å². The fraction of sp³-hybridized carbons (Fsp3) is 0.609. The molecule has 2 aromatic rings. The van der Waals surface area contributed by atoms with Crippen molar-refractivity contribution in [3.63, 3.8) is 0 Å². The molecule has 6 nitrogen and oxygen atoms in total. The van der Waals surface area contributed by atoms with E-state index in [0.717, 1.165) is 42.6 Å². The number of aromatic nitrogens is 3. The molecule has 1 aliphatic rings. The number of nitrogens with zero attached hydrogens (tertiary/aromatic N) is 4. The van der Waals surface area contributed by atoms with Crippen molar-refractivity contribution in [2.75, 3.05) is 23.7 Å². The van der Waals surface area contributed by atoms with Crippen LogP contribution < -0.4 is 10.2 Å². The molecule has 3 rings (SSSR count). The average molecular weight is 430 g/mol. The van der Waals surface area contributed by atoms with Crippen LogP contribution in [0.15, 0.2) is 29.4 Å². The monoisotopic (exact) mass is 429 g/mol. The zero-order valence-electron chi connectivity index (χ0n) is 18.7. The van der Waals surface area contributed by atoms with Crippen LogP contribution in [0.5, 0.6) is 0 Å². The highest BCUT2D eigenvalue weighted by atomic mass is 32.2. The summed E-state index contributed by atoms with van der Waals surface area (Å²) < 4.78 is 2.09. The van der Waals surface area contributed by atoms with Gasteiger partial charge in [0.05, 0.1) is 5.75 Å². The van der Waals surface area contributed by atoms with Gasteiger partial charge in [0, 0.05) is 36.9 Å². The molecule has 1 saturated carbocycles. The first-order valence-corrected chi connectivity index (χ1v) is 12.3. The second kappa shape index (κ2) is 10.8. The predicted molar refractivity (Wildman–Crippen MR) is 125 cm³/mol. The summed E-state index contributed by atoms with van der Waals surface area (Å²) in [6.45, 7) is 11.4. The summed E-state index contributed by atoms with van der Waals surface area (Å²) in [5, 5.41) is 12.8. The van der Waals surface area contributed by atoms with Crippen molar-refractivity contribution in [3.05, 3.63) is 24.3 Å². The molecular weight excluding hydrogens is 394 g/mol. The lowest BCUT2D eigenvalue weighted by atomic mass is 9.86. The molecule has 30 heavy (non-hydrogen) atoms. The van der Waals surface area contributed by atoms with Gasteiger partial charge >= 0.3 is 0 Å². The van der Waals surface area contributed by atoms with Gasteiger partial charge < -0.3 is 14.8 Å². The van der Waals surface area contributed by atoms with Crippen LogP contribution in [0.1, 0.15) is 53.4 Å². The van der Waals surface area contributed by atoms with Gasteiger partial charge in [-0.05, 0) is 63.8 Å². The average Bonchev–Trinajstić information content (AvgIpc) is 3.18. The number of anilines is 1. The Kier molecular flexibility index (Phi) is 8.19. The van der Waals surface area contributed by atoms with Gasteiger partial charge in [-0.1, -0.05) is 31.5 Å². The highest BCUT2D eigenvalue weighted by Crippen LogP contribution is 2.27. The van der Waals surface area contributed by atoms with E-state index in [2.05, 4.69) is 76.9 Å². The highest BCUT2D eigenvalue weighted by molar-refractivity contribution is 7.99. The van der Waals surface area contributed by atoms with Gasteiger partial charge in [-0.2, -0.15) is 0 Å². The van der Waals surface area contributed by atoms with Crippen LogP contribution in [0, 0.1) is 5.92 Å². The number of carbonyl (C=O) groups is 1. The van der Waals surface area contributed by atoms with Crippen molar-refractivity contribution < 1.29 is 4.79 Å². The first kappa shape index (κ1) is 22.7. The Morgan fingerprint density at radius 3 is 2.47 bits per heavy atom. The molecule has 7 heteroatoms. The summed E-state index contributed by atoms with van der Waals surface area (Å²) >= 11 is 1.47.